The maximum atomic E-state index is 11.2. The van der Waals surface area contributed by atoms with Crippen molar-refractivity contribution >= 4 is 11.8 Å². The molecule has 4 heteroatoms. The van der Waals surface area contributed by atoms with Crippen molar-refractivity contribution in [2.45, 2.75) is 13.3 Å². The third-order valence-corrected chi connectivity index (χ3v) is 1.66. The smallest absolute Gasteiger partial charge is 0.243 e. The Bertz CT molecular complexity index is 349. The number of rotatable bonds is 2. The van der Waals surface area contributed by atoms with Gasteiger partial charge in [-0.1, -0.05) is 0 Å². The molecule has 0 aromatic carbocycles. The number of hydrogen-bond acceptors (Lipinski definition) is 3. The Labute approximate surface area is 76.4 Å². The van der Waals surface area contributed by atoms with Gasteiger partial charge in [0.2, 0.25) is 11.8 Å². The number of anilines is 1. The van der Waals surface area contributed by atoms with E-state index in [4.69, 9.17) is 9.68 Å². The number of carbonyl (C=O) groups is 1. The third-order valence-electron chi connectivity index (χ3n) is 1.66. The van der Waals surface area contributed by atoms with E-state index in [-0.39, 0.29) is 12.3 Å². The van der Waals surface area contributed by atoms with Gasteiger partial charge in [-0.05, 0) is 13.0 Å². The van der Waals surface area contributed by atoms with Crippen LogP contribution in [0.5, 0.6) is 0 Å². The first-order valence-corrected chi connectivity index (χ1v) is 3.85. The molecule has 0 atom stereocenters. The van der Waals surface area contributed by atoms with Crippen LogP contribution in [0.3, 0.4) is 0 Å². The van der Waals surface area contributed by atoms with E-state index in [2.05, 4.69) is 0 Å². The van der Waals surface area contributed by atoms with Crippen LogP contribution in [0.4, 0.5) is 5.88 Å². The summed E-state index contributed by atoms with van der Waals surface area (Å²) in [5.41, 5.74) is 0. The van der Waals surface area contributed by atoms with E-state index in [0.29, 0.717) is 5.88 Å². The van der Waals surface area contributed by atoms with E-state index in [0.717, 1.165) is 5.76 Å². The molecule has 1 rings (SSSR count). The van der Waals surface area contributed by atoms with E-state index in [1.54, 1.807) is 32.2 Å². The van der Waals surface area contributed by atoms with Gasteiger partial charge < -0.3 is 4.42 Å². The summed E-state index contributed by atoms with van der Waals surface area (Å²) in [5, 5.41) is 8.31. The lowest BCUT2D eigenvalue weighted by atomic mass is 10.4. The second kappa shape index (κ2) is 3.76. The largest absolute Gasteiger partial charge is 0.445 e. The summed E-state index contributed by atoms with van der Waals surface area (Å²) in [4.78, 5) is 12.5. The Balaban J connectivity index is 2.74. The third kappa shape index (κ3) is 2.09. The Morgan fingerprint density at radius 2 is 2.38 bits per heavy atom. The van der Waals surface area contributed by atoms with Gasteiger partial charge in [-0.25, -0.2) is 0 Å². The highest BCUT2D eigenvalue weighted by Crippen LogP contribution is 2.16. The minimum atomic E-state index is -0.267. The SMILES string of the molecule is Cc1ccc(N(C)C(=O)CC#N)o1. The first-order chi connectivity index (χ1) is 6.15. The predicted octanol–water partition coefficient (Wildman–Crippen LogP) is 1.46. The van der Waals surface area contributed by atoms with Gasteiger partial charge in [-0.2, -0.15) is 5.26 Å². The van der Waals surface area contributed by atoms with E-state index in [1.165, 1.54) is 4.90 Å². The van der Waals surface area contributed by atoms with E-state index >= 15 is 0 Å². The fourth-order valence-corrected chi connectivity index (χ4v) is 0.911. The van der Waals surface area contributed by atoms with Crippen LogP contribution in [0.25, 0.3) is 0 Å². The summed E-state index contributed by atoms with van der Waals surface area (Å²) < 4.78 is 5.21. The highest BCUT2D eigenvalue weighted by Gasteiger charge is 2.12. The number of aryl methyl sites for hydroxylation is 1. The predicted molar refractivity (Wildman–Crippen MR) is 47.1 cm³/mol. The second-order valence-corrected chi connectivity index (χ2v) is 2.67. The van der Waals surface area contributed by atoms with Crippen LogP contribution in [0.15, 0.2) is 16.5 Å². The van der Waals surface area contributed by atoms with Gasteiger partial charge in [-0.15, -0.1) is 0 Å². The fourth-order valence-electron chi connectivity index (χ4n) is 0.911. The minimum absolute atomic E-state index is 0.129. The number of nitriles is 1. The van der Waals surface area contributed by atoms with Gasteiger partial charge in [0.1, 0.15) is 12.2 Å². The summed E-state index contributed by atoms with van der Waals surface area (Å²) in [6.07, 6.45) is -0.129. The second-order valence-electron chi connectivity index (χ2n) is 2.67. The van der Waals surface area contributed by atoms with Crippen molar-refractivity contribution in [3.8, 4) is 6.07 Å². The van der Waals surface area contributed by atoms with Gasteiger partial charge in [-0.3, -0.25) is 9.69 Å². The molecule has 0 saturated heterocycles. The molecule has 1 aromatic rings. The molecule has 0 radical (unpaired) electrons. The molecule has 0 saturated carbocycles. The minimum Gasteiger partial charge on any atom is -0.445 e. The van der Waals surface area contributed by atoms with Gasteiger partial charge >= 0.3 is 0 Å². The van der Waals surface area contributed by atoms with Crippen molar-refractivity contribution in [2.24, 2.45) is 0 Å². The summed E-state index contributed by atoms with van der Waals surface area (Å²) in [7, 11) is 1.58. The monoisotopic (exact) mass is 178 g/mol. The van der Waals surface area contributed by atoms with Crippen molar-refractivity contribution in [2.75, 3.05) is 11.9 Å². The summed E-state index contributed by atoms with van der Waals surface area (Å²) in [6, 6.07) is 5.26. The highest BCUT2D eigenvalue weighted by molar-refractivity contribution is 5.92. The van der Waals surface area contributed by atoms with E-state index in [1.807, 2.05) is 0 Å². The summed E-state index contributed by atoms with van der Waals surface area (Å²) in [6.45, 7) is 1.80. The van der Waals surface area contributed by atoms with Crippen LogP contribution in [0.2, 0.25) is 0 Å². The van der Waals surface area contributed by atoms with Crippen LogP contribution < -0.4 is 4.90 Å². The number of hydrogen-bond donors (Lipinski definition) is 0. The Morgan fingerprint density at radius 3 is 2.85 bits per heavy atom. The summed E-state index contributed by atoms with van der Waals surface area (Å²) >= 11 is 0. The lowest BCUT2D eigenvalue weighted by Crippen LogP contribution is -2.24. The van der Waals surface area contributed by atoms with Gasteiger partial charge in [0, 0.05) is 13.1 Å². The molecule has 0 N–H and O–H groups in total. The molecule has 0 bridgehead atoms. The topological polar surface area (TPSA) is 57.2 Å². The maximum absolute atomic E-state index is 11.2. The van der Waals surface area contributed by atoms with Gasteiger partial charge in [0.05, 0.1) is 6.07 Å². The van der Waals surface area contributed by atoms with Crippen LogP contribution in [-0.4, -0.2) is 13.0 Å². The molecule has 4 nitrogen and oxygen atoms in total. The number of amides is 1. The molecule has 1 heterocycles. The Morgan fingerprint density at radius 1 is 1.69 bits per heavy atom. The highest BCUT2D eigenvalue weighted by atomic mass is 16.4. The number of carbonyl (C=O) groups excluding carboxylic acids is 1. The summed E-state index contributed by atoms with van der Waals surface area (Å²) in [5.74, 6) is 0.946. The average molecular weight is 178 g/mol. The zero-order valence-corrected chi connectivity index (χ0v) is 7.57. The van der Waals surface area contributed by atoms with E-state index < -0.39 is 0 Å². The molecule has 0 aliphatic carbocycles. The van der Waals surface area contributed by atoms with Crippen molar-refractivity contribution in [3.05, 3.63) is 17.9 Å². The first-order valence-electron chi connectivity index (χ1n) is 3.85. The number of nitrogens with zero attached hydrogens (tertiary/aromatic N) is 2. The molecule has 0 fully saturated rings. The van der Waals surface area contributed by atoms with Crippen molar-refractivity contribution in [1.82, 2.24) is 0 Å². The quantitative estimate of drug-likeness (QED) is 0.688. The zero-order valence-electron chi connectivity index (χ0n) is 7.57. The molecule has 1 aromatic heterocycles. The molecule has 13 heavy (non-hydrogen) atoms. The van der Waals surface area contributed by atoms with Crippen molar-refractivity contribution < 1.29 is 9.21 Å². The fraction of sp³-hybridized carbons (Fsp3) is 0.333. The Kier molecular flexibility index (Phi) is 2.70. The Hall–Kier alpha value is -1.76. The molecule has 1 amide bonds. The lowest BCUT2D eigenvalue weighted by molar-refractivity contribution is -0.117. The van der Waals surface area contributed by atoms with Crippen molar-refractivity contribution in [3.63, 3.8) is 0 Å². The first kappa shape index (κ1) is 9.33. The standard InChI is InChI=1S/C9H10N2O2/c1-7-3-4-9(13-7)11(2)8(12)5-6-10/h3-4H,5H2,1-2H3. The number of furan rings is 1. The maximum Gasteiger partial charge on any atom is 0.243 e. The van der Waals surface area contributed by atoms with Crippen LogP contribution in [-0.2, 0) is 4.79 Å². The molecule has 0 aliphatic rings. The molecular weight excluding hydrogens is 168 g/mol. The molecular formula is C9H10N2O2. The van der Waals surface area contributed by atoms with Crippen molar-refractivity contribution in [1.29, 1.82) is 5.26 Å². The molecule has 0 unspecified atom stereocenters. The molecule has 0 spiro atoms. The van der Waals surface area contributed by atoms with Crippen LogP contribution in [0, 0.1) is 18.3 Å². The molecule has 68 valence electrons. The average Bonchev–Trinajstić information content (AvgIpc) is 2.51. The zero-order chi connectivity index (χ0) is 9.84. The lowest BCUT2D eigenvalue weighted by Gasteiger charge is -2.11. The van der Waals surface area contributed by atoms with Gasteiger partial charge in [0.25, 0.3) is 0 Å². The van der Waals surface area contributed by atoms with Crippen LogP contribution >= 0.6 is 0 Å². The van der Waals surface area contributed by atoms with E-state index in [9.17, 15) is 4.79 Å². The van der Waals surface area contributed by atoms with Gasteiger partial charge in [0.15, 0.2) is 0 Å². The molecule has 0 aliphatic heterocycles. The normalized spacial score (nSPS) is 9.31. The van der Waals surface area contributed by atoms with Crippen LogP contribution in [0.1, 0.15) is 12.2 Å².